The molecule has 0 aromatic rings. The van der Waals surface area contributed by atoms with Crippen molar-refractivity contribution in [2.75, 3.05) is 26.2 Å². The summed E-state index contributed by atoms with van der Waals surface area (Å²) in [6, 6.07) is 0. The van der Waals surface area contributed by atoms with Gasteiger partial charge in [0.15, 0.2) is 0 Å². The molecule has 0 aromatic carbocycles. The van der Waals surface area contributed by atoms with Crippen LogP contribution in [0.4, 0.5) is 0 Å². The molecule has 0 spiro atoms. The van der Waals surface area contributed by atoms with E-state index in [2.05, 4.69) is 17.6 Å². The molecule has 1 unspecified atom stereocenters. The van der Waals surface area contributed by atoms with Gasteiger partial charge in [-0.2, -0.15) is 0 Å². The second-order valence-electron chi connectivity index (χ2n) is 5.91. The van der Waals surface area contributed by atoms with Gasteiger partial charge in [0.05, 0.1) is 5.60 Å². The molecule has 0 aromatic heterocycles. The Balaban J connectivity index is 1.59. The maximum Gasteiger partial charge on any atom is 0.220 e. The first-order valence-corrected chi connectivity index (χ1v) is 7.29. The Hall–Kier alpha value is -0.610. The van der Waals surface area contributed by atoms with E-state index in [1.807, 2.05) is 0 Å². The Labute approximate surface area is 110 Å². The minimum atomic E-state index is -0.121. The minimum absolute atomic E-state index is 0.121. The monoisotopic (exact) mass is 254 g/mol. The van der Waals surface area contributed by atoms with Crippen molar-refractivity contribution in [3.8, 4) is 0 Å². The summed E-state index contributed by atoms with van der Waals surface area (Å²) in [5.41, 5.74) is -0.121. The third-order valence-corrected chi connectivity index (χ3v) is 4.20. The SMILES string of the molecule is CC1(CNC(=O)CCC2CCNCC2)CCCO1. The van der Waals surface area contributed by atoms with Crippen molar-refractivity contribution in [1.82, 2.24) is 10.6 Å². The van der Waals surface area contributed by atoms with Crippen molar-refractivity contribution in [2.45, 2.75) is 51.0 Å². The molecule has 2 aliphatic rings. The maximum absolute atomic E-state index is 11.8. The van der Waals surface area contributed by atoms with Crippen molar-refractivity contribution < 1.29 is 9.53 Å². The standard InChI is InChI=1S/C14H26N2O2/c1-14(7-2-10-18-14)11-16-13(17)4-3-12-5-8-15-9-6-12/h12,15H,2-11H2,1H3,(H,16,17). The number of carbonyl (C=O) groups excluding carboxylic acids is 1. The highest BCUT2D eigenvalue weighted by Gasteiger charge is 2.29. The zero-order valence-electron chi connectivity index (χ0n) is 11.5. The molecule has 0 saturated carbocycles. The van der Waals surface area contributed by atoms with E-state index in [0.29, 0.717) is 13.0 Å². The molecule has 18 heavy (non-hydrogen) atoms. The molecule has 4 heteroatoms. The fourth-order valence-corrected chi connectivity index (χ4v) is 2.86. The summed E-state index contributed by atoms with van der Waals surface area (Å²) in [5, 5.41) is 6.38. The van der Waals surface area contributed by atoms with Crippen LogP contribution in [0.5, 0.6) is 0 Å². The van der Waals surface area contributed by atoms with Gasteiger partial charge in [0.1, 0.15) is 0 Å². The Morgan fingerprint density at radius 1 is 1.44 bits per heavy atom. The van der Waals surface area contributed by atoms with Gasteiger partial charge in [-0.25, -0.2) is 0 Å². The molecule has 0 bridgehead atoms. The van der Waals surface area contributed by atoms with Gasteiger partial charge in [-0.3, -0.25) is 4.79 Å². The first-order chi connectivity index (χ1) is 8.68. The summed E-state index contributed by atoms with van der Waals surface area (Å²) in [7, 11) is 0. The van der Waals surface area contributed by atoms with Crippen LogP contribution in [0.1, 0.15) is 45.4 Å². The minimum Gasteiger partial charge on any atom is -0.373 e. The summed E-state index contributed by atoms with van der Waals surface area (Å²) in [5.74, 6) is 0.917. The Kier molecular flexibility index (Phi) is 5.01. The van der Waals surface area contributed by atoms with E-state index < -0.39 is 0 Å². The molecule has 0 radical (unpaired) electrons. The highest BCUT2D eigenvalue weighted by molar-refractivity contribution is 5.75. The average molecular weight is 254 g/mol. The van der Waals surface area contributed by atoms with E-state index >= 15 is 0 Å². The van der Waals surface area contributed by atoms with Crippen molar-refractivity contribution in [3.63, 3.8) is 0 Å². The summed E-state index contributed by atoms with van der Waals surface area (Å²) in [4.78, 5) is 11.8. The lowest BCUT2D eigenvalue weighted by Gasteiger charge is -2.24. The van der Waals surface area contributed by atoms with Crippen LogP contribution in [0.25, 0.3) is 0 Å². The lowest BCUT2D eigenvalue weighted by atomic mass is 9.93. The van der Waals surface area contributed by atoms with Crippen LogP contribution < -0.4 is 10.6 Å². The third kappa shape index (κ3) is 4.25. The predicted molar refractivity (Wildman–Crippen MR) is 71.4 cm³/mol. The highest BCUT2D eigenvalue weighted by Crippen LogP contribution is 2.24. The third-order valence-electron chi connectivity index (χ3n) is 4.20. The van der Waals surface area contributed by atoms with E-state index in [1.54, 1.807) is 0 Å². The largest absolute Gasteiger partial charge is 0.373 e. The van der Waals surface area contributed by atoms with Gasteiger partial charge in [-0.1, -0.05) is 0 Å². The number of hydrogen-bond donors (Lipinski definition) is 2. The molecule has 2 N–H and O–H groups in total. The summed E-state index contributed by atoms with van der Waals surface area (Å²) in [6.45, 7) is 5.81. The van der Waals surface area contributed by atoms with Gasteiger partial charge in [-0.15, -0.1) is 0 Å². The molecule has 2 fully saturated rings. The molecule has 1 amide bonds. The van der Waals surface area contributed by atoms with Crippen LogP contribution in [0, 0.1) is 5.92 Å². The van der Waals surface area contributed by atoms with Crippen molar-refractivity contribution >= 4 is 5.91 Å². The number of hydrogen-bond acceptors (Lipinski definition) is 3. The van der Waals surface area contributed by atoms with Crippen molar-refractivity contribution in [3.05, 3.63) is 0 Å². The number of carbonyl (C=O) groups is 1. The number of rotatable bonds is 5. The molecular formula is C14H26N2O2. The second kappa shape index (κ2) is 6.53. The van der Waals surface area contributed by atoms with E-state index in [0.717, 1.165) is 44.9 Å². The average Bonchev–Trinajstić information content (AvgIpc) is 2.83. The summed E-state index contributed by atoms with van der Waals surface area (Å²) >= 11 is 0. The highest BCUT2D eigenvalue weighted by atomic mass is 16.5. The predicted octanol–water partition coefficient (Wildman–Crippen LogP) is 1.45. The zero-order chi connectivity index (χ0) is 12.8. The van der Waals surface area contributed by atoms with Crippen LogP contribution in [0.15, 0.2) is 0 Å². The number of amides is 1. The van der Waals surface area contributed by atoms with Crippen molar-refractivity contribution in [2.24, 2.45) is 5.92 Å². The first kappa shape index (κ1) is 13.8. The number of ether oxygens (including phenoxy) is 1. The molecule has 2 rings (SSSR count). The van der Waals surface area contributed by atoms with Gasteiger partial charge in [-0.05, 0) is 58.0 Å². The van der Waals surface area contributed by atoms with Gasteiger partial charge in [0.2, 0.25) is 5.91 Å². The molecule has 4 nitrogen and oxygen atoms in total. The molecule has 1 atom stereocenters. The lowest BCUT2D eigenvalue weighted by molar-refractivity contribution is -0.122. The van der Waals surface area contributed by atoms with Crippen LogP contribution in [0.2, 0.25) is 0 Å². The van der Waals surface area contributed by atoms with Crippen LogP contribution in [-0.2, 0) is 9.53 Å². The molecule has 2 aliphatic heterocycles. The van der Waals surface area contributed by atoms with Crippen LogP contribution in [0.3, 0.4) is 0 Å². The maximum atomic E-state index is 11.8. The van der Waals surface area contributed by atoms with Crippen LogP contribution >= 0.6 is 0 Å². The van der Waals surface area contributed by atoms with Gasteiger partial charge in [0, 0.05) is 19.6 Å². The number of piperidine rings is 1. The molecule has 104 valence electrons. The van der Waals surface area contributed by atoms with Crippen LogP contribution in [-0.4, -0.2) is 37.7 Å². The number of nitrogens with one attached hydrogen (secondary N) is 2. The Morgan fingerprint density at radius 2 is 2.22 bits per heavy atom. The molecule has 2 heterocycles. The molecular weight excluding hydrogens is 228 g/mol. The Morgan fingerprint density at radius 3 is 2.89 bits per heavy atom. The Bertz CT molecular complexity index is 269. The molecule has 0 aliphatic carbocycles. The first-order valence-electron chi connectivity index (χ1n) is 7.29. The van der Waals surface area contributed by atoms with Gasteiger partial charge < -0.3 is 15.4 Å². The van der Waals surface area contributed by atoms with Gasteiger partial charge >= 0.3 is 0 Å². The van der Waals surface area contributed by atoms with Crippen molar-refractivity contribution in [1.29, 1.82) is 0 Å². The van der Waals surface area contributed by atoms with E-state index in [4.69, 9.17) is 4.74 Å². The summed E-state index contributed by atoms with van der Waals surface area (Å²) in [6.07, 6.45) is 6.30. The summed E-state index contributed by atoms with van der Waals surface area (Å²) < 4.78 is 5.66. The normalized spacial score (nSPS) is 29.4. The zero-order valence-corrected chi connectivity index (χ0v) is 11.5. The lowest BCUT2D eigenvalue weighted by Crippen LogP contribution is -2.40. The fraction of sp³-hybridized carbons (Fsp3) is 0.929. The topological polar surface area (TPSA) is 50.4 Å². The van der Waals surface area contributed by atoms with E-state index in [9.17, 15) is 4.79 Å². The quantitative estimate of drug-likeness (QED) is 0.781. The van der Waals surface area contributed by atoms with Gasteiger partial charge in [0.25, 0.3) is 0 Å². The van der Waals surface area contributed by atoms with E-state index in [-0.39, 0.29) is 11.5 Å². The second-order valence-corrected chi connectivity index (χ2v) is 5.91. The molecule has 2 saturated heterocycles. The fourth-order valence-electron chi connectivity index (χ4n) is 2.86. The van der Waals surface area contributed by atoms with E-state index in [1.165, 1.54) is 12.8 Å². The smallest absolute Gasteiger partial charge is 0.220 e.